The summed E-state index contributed by atoms with van der Waals surface area (Å²) in [6, 6.07) is 7.77. The van der Waals surface area contributed by atoms with Crippen molar-refractivity contribution in [3.05, 3.63) is 24.3 Å². The highest BCUT2D eigenvalue weighted by molar-refractivity contribution is 5.74. The Balaban J connectivity index is 2.06. The summed E-state index contributed by atoms with van der Waals surface area (Å²) in [5.41, 5.74) is 1.46. The molecule has 0 radical (unpaired) electrons. The van der Waals surface area contributed by atoms with Crippen LogP contribution in [-0.2, 0) is 4.79 Å². The first-order valence-electron chi connectivity index (χ1n) is 5.53. The average molecular weight is 234 g/mol. The van der Waals surface area contributed by atoms with Crippen LogP contribution in [0.4, 0.5) is 6.01 Å². The molecule has 0 fully saturated rings. The molecule has 0 saturated carbocycles. The third kappa shape index (κ3) is 2.55. The summed E-state index contributed by atoms with van der Waals surface area (Å²) in [6.07, 6.45) is 0.572. The summed E-state index contributed by atoms with van der Waals surface area (Å²) in [6.45, 7) is 2.16. The second-order valence-electron chi connectivity index (χ2n) is 3.81. The summed E-state index contributed by atoms with van der Waals surface area (Å²) in [5.74, 6) is -1.24. The normalized spacial score (nSPS) is 12.5. The lowest BCUT2D eigenvalue weighted by atomic mass is 10.1. The number of oxazole rings is 1. The van der Waals surface area contributed by atoms with Gasteiger partial charge in [0.25, 0.3) is 6.01 Å². The maximum absolute atomic E-state index is 10.8. The summed E-state index contributed by atoms with van der Waals surface area (Å²) in [4.78, 5) is 15.0. The lowest BCUT2D eigenvalue weighted by Gasteiger charge is -2.08. The SMILES string of the molecule is CCC(CNc1nc2ccccc2o1)C(=O)O. The number of nitrogens with one attached hydrogen (secondary N) is 1. The molecule has 0 aliphatic carbocycles. The van der Waals surface area contributed by atoms with E-state index in [0.29, 0.717) is 24.6 Å². The minimum Gasteiger partial charge on any atom is -0.481 e. The predicted molar refractivity (Wildman–Crippen MR) is 63.9 cm³/mol. The fourth-order valence-corrected chi connectivity index (χ4v) is 1.56. The van der Waals surface area contributed by atoms with E-state index in [2.05, 4.69) is 10.3 Å². The number of benzene rings is 1. The van der Waals surface area contributed by atoms with Gasteiger partial charge in [-0.25, -0.2) is 0 Å². The van der Waals surface area contributed by atoms with Crippen LogP contribution in [0.2, 0.25) is 0 Å². The number of aliphatic carboxylic acids is 1. The van der Waals surface area contributed by atoms with Crippen molar-refractivity contribution in [2.24, 2.45) is 5.92 Å². The zero-order valence-electron chi connectivity index (χ0n) is 9.51. The number of nitrogens with zero attached hydrogens (tertiary/aromatic N) is 1. The Bertz CT molecular complexity index is 488. The monoisotopic (exact) mass is 234 g/mol. The van der Waals surface area contributed by atoms with Crippen LogP contribution in [-0.4, -0.2) is 22.6 Å². The first-order valence-corrected chi connectivity index (χ1v) is 5.53. The van der Waals surface area contributed by atoms with Gasteiger partial charge in [0.1, 0.15) is 5.52 Å². The summed E-state index contributed by atoms with van der Waals surface area (Å²) < 4.78 is 5.43. The average Bonchev–Trinajstić information content (AvgIpc) is 2.71. The Kier molecular flexibility index (Phi) is 3.27. The fourth-order valence-electron chi connectivity index (χ4n) is 1.56. The van der Waals surface area contributed by atoms with E-state index in [9.17, 15) is 4.79 Å². The van der Waals surface area contributed by atoms with Gasteiger partial charge >= 0.3 is 5.97 Å². The molecule has 2 aromatic rings. The van der Waals surface area contributed by atoms with E-state index in [-0.39, 0.29) is 0 Å². The van der Waals surface area contributed by atoms with Crippen LogP contribution < -0.4 is 5.32 Å². The van der Waals surface area contributed by atoms with Crippen molar-refractivity contribution in [2.75, 3.05) is 11.9 Å². The number of carbonyl (C=O) groups is 1. The molecular formula is C12H14N2O3. The molecule has 0 amide bonds. The second kappa shape index (κ2) is 4.86. The quantitative estimate of drug-likeness (QED) is 0.830. The molecule has 5 heteroatoms. The maximum Gasteiger partial charge on any atom is 0.308 e. The van der Waals surface area contributed by atoms with Gasteiger partial charge in [0.2, 0.25) is 0 Å². The number of para-hydroxylation sites is 2. The minimum absolute atomic E-state index is 0.318. The molecular weight excluding hydrogens is 220 g/mol. The molecule has 5 nitrogen and oxygen atoms in total. The van der Waals surface area contributed by atoms with E-state index >= 15 is 0 Å². The Morgan fingerprint density at radius 3 is 2.94 bits per heavy atom. The van der Waals surface area contributed by atoms with Crippen LogP contribution in [0, 0.1) is 5.92 Å². The summed E-state index contributed by atoms with van der Waals surface area (Å²) in [5, 5.41) is 11.8. The highest BCUT2D eigenvalue weighted by Gasteiger charge is 2.15. The van der Waals surface area contributed by atoms with Crippen molar-refractivity contribution in [1.82, 2.24) is 4.98 Å². The third-order valence-corrected chi connectivity index (χ3v) is 2.64. The number of aromatic nitrogens is 1. The van der Waals surface area contributed by atoms with Crippen LogP contribution in [0.1, 0.15) is 13.3 Å². The number of carboxylic acid groups (broad SMARTS) is 1. The molecule has 1 atom stereocenters. The molecule has 2 N–H and O–H groups in total. The van der Waals surface area contributed by atoms with Crippen LogP contribution in [0.3, 0.4) is 0 Å². The zero-order valence-corrected chi connectivity index (χ0v) is 9.51. The van der Waals surface area contributed by atoms with Gasteiger partial charge < -0.3 is 14.8 Å². The number of hydrogen-bond donors (Lipinski definition) is 2. The van der Waals surface area contributed by atoms with E-state index in [1.165, 1.54) is 0 Å². The number of carboxylic acids is 1. The Labute approximate surface area is 98.5 Å². The van der Waals surface area contributed by atoms with Gasteiger partial charge in [-0.05, 0) is 18.6 Å². The smallest absolute Gasteiger partial charge is 0.308 e. The molecule has 90 valence electrons. The van der Waals surface area contributed by atoms with Crippen molar-refractivity contribution in [2.45, 2.75) is 13.3 Å². The van der Waals surface area contributed by atoms with E-state index in [0.717, 1.165) is 5.52 Å². The standard InChI is InChI=1S/C12H14N2O3/c1-2-8(11(15)16)7-13-12-14-9-5-3-4-6-10(9)17-12/h3-6,8H,2,7H2,1H3,(H,13,14)(H,15,16). The number of rotatable bonds is 5. The van der Waals surface area contributed by atoms with Crippen LogP contribution in [0.25, 0.3) is 11.1 Å². The van der Waals surface area contributed by atoms with Gasteiger partial charge in [0.05, 0.1) is 5.92 Å². The van der Waals surface area contributed by atoms with Gasteiger partial charge in [-0.15, -0.1) is 0 Å². The minimum atomic E-state index is -0.809. The molecule has 1 unspecified atom stereocenters. The summed E-state index contributed by atoms with van der Waals surface area (Å²) >= 11 is 0. The molecule has 2 rings (SSSR count). The zero-order chi connectivity index (χ0) is 12.3. The third-order valence-electron chi connectivity index (χ3n) is 2.64. The number of fused-ring (bicyclic) bond motifs is 1. The predicted octanol–water partition coefficient (Wildman–Crippen LogP) is 2.35. The molecule has 0 saturated heterocycles. The first-order chi connectivity index (χ1) is 8.20. The largest absolute Gasteiger partial charge is 0.481 e. The number of anilines is 1. The van der Waals surface area contributed by atoms with E-state index in [1.54, 1.807) is 0 Å². The Morgan fingerprint density at radius 1 is 1.53 bits per heavy atom. The molecule has 17 heavy (non-hydrogen) atoms. The molecule has 1 heterocycles. The van der Waals surface area contributed by atoms with E-state index in [4.69, 9.17) is 9.52 Å². The molecule has 1 aromatic carbocycles. The van der Waals surface area contributed by atoms with Gasteiger partial charge in [0.15, 0.2) is 5.58 Å². The van der Waals surface area contributed by atoms with Crippen molar-refractivity contribution in [1.29, 1.82) is 0 Å². The molecule has 0 aliphatic rings. The number of hydrogen-bond acceptors (Lipinski definition) is 4. The van der Waals surface area contributed by atoms with Crippen LogP contribution in [0.15, 0.2) is 28.7 Å². The second-order valence-corrected chi connectivity index (χ2v) is 3.81. The van der Waals surface area contributed by atoms with Crippen molar-refractivity contribution >= 4 is 23.1 Å². The van der Waals surface area contributed by atoms with Crippen molar-refractivity contribution in [3.8, 4) is 0 Å². The van der Waals surface area contributed by atoms with Gasteiger partial charge in [-0.1, -0.05) is 19.1 Å². The topological polar surface area (TPSA) is 75.4 Å². The van der Waals surface area contributed by atoms with Crippen LogP contribution >= 0.6 is 0 Å². The molecule has 0 aliphatic heterocycles. The summed E-state index contributed by atoms with van der Waals surface area (Å²) in [7, 11) is 0. The Hall–Kier alpha value is -2.04. The maximum atomic E-state index is 10.8. The van der Waals surface area contributed by atoms with Gasteiger partial charge in [0, 0.05) is 6.54 Å². The highest BCUT2D eigenvalue weighted by atomic mass is 16.4. The first kappa shape index (κ1) is 11.4. The van der Waals surface area contributed by atoms with Crippen LogP contribution in [0.5, 0.6) is 0 Å². The van der Waals surface area contributed by atoms with Crippen molar-refractivity contribution < 1.29 is 14.3 Å². The van der Waals surface area contributed by atoms with E-state index < -0.39 is 11.9 Å². The highest BCUT2D eigenvalue weighted by Crippen LogP contribution is 2.18. The molecule has 0 bridgehead atoms. The van der Waals surface area contributed by atoms with E-state index in [1.807, 2.05) is 31.2 Å². The van der Waals surface area contributed by atoms with Crippen molar-refractivity contribution in [3.63, 3.8) is 0 Å². The fraction of sp³-hybridized carbons (Fsp3) is 0.333. The molecule has 0 spiro atoms. The molecule has 1 aromatic heterocycles. The van der Waals surface area contributed by atoms with Gasteiger partial charge in [-0.3, -0.25) is 4.79 Å². The van der Waals surface area contributed by atoms with Gasteiger partial charge in [-0.2, -0.15) is 4.98 Å². The lowest BCUT2D eigenvalue weighted by Crippen LogP contribution is -2.22. The lowest BCUT2D eigenvalue weighted by molar-refractivity contribution is -0.141. The Morgan fingerprint density at radius 2 is 2.29 bits per heavy atom.